The van der Waals surface area contributed by atoms with E-state index in [4.69, 9.17) is 10.2 Å². The van der Waals surface area contributed by atoms with Gasteiger partial charge in [0, 0.05) is 28.6 Å². The minimum Gasteiger partial charge on any atom is -0.257 e. The molecule has 0 radical (unpaired) electrons. The zero-order valence-corrected chi connectivity index (χ0v) is 20.8. The predicted molar refractivity (Wildman–Crippen MR) is 150 cm³/mol. The second-order valence-corrected chi connectivity index (χ2v) is 9.63. The van der Waals surface area contributed by atoms with Gasteiger partial charge < -0.3 is 0 Å². The fourth-order valence-electron chi connectivity index (χ4n) is 4.69. The lowest BCUT2D eigenvalue weighted by molar-refractivity contribution is 0.709. The summed E-state index contributed by atoms with van der Waals surface area (Å²) in [6.07, 6.45) is 5.08. The molecule has 36 heavy (non-hydrogen) atoms. The van der Waals surface area contributed by atoms with Crippen molar-refractivity contribution in [2.75, 3.05) is 11.3 Å². The number of hydrogen-bond acceptors (Lipinski definition) is 4. The average Bonchev–Trinajstić information content (AvgIpc) is 3.60. The molecular formula is C31H26N4S. The van der Waals surface area contributed by atoms with E-state index in [1.165, 1.54) is 4.90 Å². The van der Waals surface area contributed by atoms with Crippen LogP contribution in [0, 0.1) is 0 Å². The van der Waals surface area contributed by atoms with E-state index >= 15 is 0 Å². The lowest BCUT2D eigenvalue weighted by atomic mass is 9.96. The van der Waals surface area contributed by atoms with Crippen LogP contribution in [0.25, 0.3) is 16.9 Å². The molecule has 1 atom stereocenters. The van der Waals surface area contributed by atoms with Crippen LogP contribution in [0.5, 0.6) is 0 Å². The van der Waals surface area contributed by atoms with Crippen LogP contribution in [0.15, 0.2) is 131 Å². The maximum Gasteiger partial charge on any atom is 0.0981 e. The summed E-state index contributed by atoms with van der Waals surface area (Å²) < 4.78 is 1.99. The highest BCUT2D eigenvalue weighted by molar-refractivity contribution is 7.98. The third-order valence-electron chi connectivity index (χ3n) is 6.52. The fourth-order valence-corrected chi connectivity index (χ4v) is 5.10. The van der Waals surface area contributed by atoms with Crippen LogP contribution in [0.3, 0.4) is 0 Å². The highest BCUT2D eigenvalue weighted by Gasteiger charge is 2.33. The van der Waals surface area contributed by atoms with E-state index in [-0.39, 0.29) is 6.04 Å². The topological polar surface area (TPSA) is 33.4 Å². The van der Waals surface area contributed by atoms with Gasteiger partial charge in [0.25, 0.3) is 0 Å². The molecule has 4 nitrogen and oxygen atoms in total. The number of hydrogen-bond donors (Lipinski definition) is 0. The molecule has 1 aromatic heterocycles. The van der Waals surface area contributed by atoms with Crippen molar-refractivity contribution in [1.82, 2.24) is 9.78 Å². The number of benzene rings is 4. The number of para-hydroxylation sites is 2. The molecule has 6 rings (SSSR count). The van der Waals surface area contributed by atoms with Crippen molar-refractivity contribution in [1.29, 1.82) is 0 Å². The van der Waals surface area contributed by atoms with Crippen LogP contribution in [0.1, 0.15) is 23.6 Å². The van der Waals surface area contributed by atoms with Crippen molar-refractivity contribution in [2.45, 2.75) is 17.4 Å². The van der Waals surface area contributed by atoms with Gasteiger partial charge in [-0.3, -0.25) is 5.01 Å². The molecule has 0 bridgehead atoms. The summed E-state index contributed by atoms with van der Waals surface area (Å²) in [5, 5.41) is 12.4. The van der Waals surface area contributed by atoms with Gasteiger partial charge in [0.05, 0.1) is 28.8 Å². The molecular weight excluding hydrogens is 460 g/mol. The Morgan fingerprint density at radius 1 is 0.694 bits per heavy atom. The molecule has 0 saturated heterocycles. The van der Waals surface area contributed by atoms with Gasteiger partial charge in [0.2, 0.25) is 0 Å². The van der Waals surface area contributed by atoms with Gasteiger partial charge in [-0.2, -0.15) is 10.2 Å². The van der Waals surface area contributed by atoms with Crippen molar-refractivity contribution >= 4 is 23.2 Å². The molecule has 176 valence electrons. The highest BCUT2D eigenvalue weighted by Crippen LogP contribution is 2.40. The van der Waals surface area contributed by atoms with Crippen LogP contribution in [0.4, 0.5) is 5.69 Å². The quantitative estimate of drug-likeness (QED) is 0.232. The third-order valence-corrected chi connectivity index (χ3v) is 7.27. The van der Waals surface area contributed by atoms with Gasteiger partial charge >= 0.3 is 0 Å². The number of anilines is 1. The highest BCUT2D eigenvalue weighted by atomic mass is 32.2. The number of hydrazone groups is 1. The van der Waals surface area contributed by atoms with Gasteiger partial charge in [-0.1, -0.05) is 78.9 Å². The van der Waals surface area contributed by atoms with E-state index < -0.39 is 0 Å². The molecule has 0 amide bonds. The van der Waals surface area contributed by atoms with Crippen LogP contribution in [-0.4, -0.2) is 21.7 Å². The maximum atomic E-state index is 5.16. The minimum absolute atomic E-state index is 0.0234. The molecule has 0 saturated carbocycles. The summed E-state index contributed by atoms with van der Waals surface area (Å²) in [5.74, 6) is 0. The molecule has 5 heteroatoms. The zero-order valence-electron chi connectivity index (χ0n) is 20.0. The Balaban J connectivity index is 1.47. The molecule has 5 aromatic rings. The molecule has 0 N–H and O–H groups in total. The fraction of sp³-hybridized carbons (Fsp3) is 0.0968. The minimum atomic E-state index is 0.0234. The second-order valence-electron chi connectivity index (χ2n) is 8.75. The van der Waals surface area contributed by atoms with Gasteiger partial charge in [-0.05, 0) is 48.2 Å². The Labute approximate surface area is 215 Å². The molecule has 1 aliphatic heterocycles. The number of thioether (sulfide) groups is 1. The lowest BCUT2D eigenvalue weighted by Crippen LogP contribution is -2.18. The maximum absolute atomic E-state index is 5.16. The normalized spacial score (nSPS) is 15.2. The van der Waals surface area contributed by atoms with Gasteiger partial charge in [0.15, 0.2) is 0 Å². The predicted octanol–water partition coefficient (Wildman–Crippen LogP) is 7.62. The summed E-state index contributed by atoms with van der Waals surface area (Å²) in [7, 11) is 0. The first-order valence-electron chi connectivity index (χ1n) is 12.1. The lowest BCUT2D eigenvalue weighted by Gasteiger charge is -2.23. The smallest absolute Gasteiger partial charge is 0.0981 e. The van der Waals surface area contributed by atoms with E-state index in [1.807, 2.05) is 35.0 Å². The van der Waals surface area contributed by atoms with E-state index in [2.05, 4.69) is 102 Å². The first-order chi connectivity index (χ1) is 17.8. The molecule has 1 unspecified atom stereocenters. The van der Waals surface area contributed by atoms with E-state index in [0.717, 1.165) is 45.9 Å². The van der Waals surface area contributed by atoms with Crippen molar-refractivity contribution < 1.29 is 0 Å². The van der Waals surface area contributed by atoms with Gasteiger partial charge in [0.1, 0.15) is 0 Å². The van der Waals surface area contributed by atoms with Crippen molar-refractivity contribution in [3.05, 3.63) is 133 Å². The average molecular weight is 487 g/mol. The number of nitrogens with zero attached hydrogens (tertiary/aromatic N) is 4. The summed E-state index contributed by atoms with van der Waals surface area (Å²) in [6, 6.07) is 39.9. The first kappa shape index (κ1) is 22.4. The van der Waals surface area contributed by atoms with Crippen LogP contribution in [0.2, 0.25) is 0 Å². The Hall–Kier alpha value is -4.09. The zero-order chi connectivity index (χ0) is 24.3. The standard InChI is InChI=1S/C31H26N4S/c1-36-27-19-17-23(18-20-27)29-21-30(35(32-29)26-15-9-4-10-16-26)28-22-34(25-13-7-3-8-14-25)33-31(28)24-11-5-2-6-12-24/h2-20,22,30H,21H2,1H3. The summed E-state index contributed by atoms with van der Waals surface area (Å²) in [6.45, 7) is 0. The third kappa shape index (κ3) is 4.34. The first-order valence-corrected chi connectivity index (χ1v) is 13.3. The van der Waals surface area contributed by atoms with E-state index in [0.29, 0.717) is 0 Å². The Morgan fingerprint density at radius 2 is 1.31 bits per heavy atom. The van der Waals surface area contributed by atoms with Crippen molar-refractivity contribution in [2.24, 2.45) is 5.10 Å². The van der Waals surface area contributed by atoms with Crippen LogP contribution in [-0.2, 0) is 0 Å². The number of rotatable bonds is 6. The van der Waals surface area contributed by atoms with E-state index in [1.54, 1.807) is 11.8 Å². The molecule has 0 spiro atoms. The molecule has 4 aromatic carbocycles. The summed E-state index contributed by atoms with van der Waals surface area (Å²) >= 11 is 1.75. The Morgan fingerprint density at radius 3 is 1.94 bits per heavy atom. The van der Waals surface area contributed by atoms with Gasteiger partial charge in [-0.25, -0.2) is 4.68 Å². The molecule has 1 aliphatic rings. The van der Waals surface area contributed by atoms with Crippen molar-refractivity contribution in [3.63, 3.8) is 0 Å². The largest absolute Gasteiger partial charge is 0.257 e. The monoisotopic (exact) mass is 486 g/mol. The Kier molecular flexibility index (Phi) is 6.14. The molecule has 0 fully saturated rings. The molecule has 0 aliphatic carbocycles. The van der Waals surface area contributed by atoms with Crippen molar-refractivity contribution in [3.8, 4) is 16.9 Å². The van der Waals surface area contributed by atoms with E-state index in [9.17, 15) is 0 Å². The summed E-state index contributed by atoms with van der Waals surface area (Å²) in [5.41, 5.74) is 7.61. The second kappa shape index (κ2) is 9.88. The van der Waals surface area contributed by atoms with Gasteiger partial charge in [-0.15, -0.1) is 11.8 Å². The van der Waals surface area contributed by atoms with Crippen LogP contribution >= 0.6 is 11.8 Å². The Bertz CT molecular complexity index is 1480. The summed E-state index contributed by atoms with van der Waals surface area (Å²) in [4.78, 5) is 1.25. The number of aromatic nitrogens is 2. The van der Waals surface area contributed by atoms with Crippen LogP contribution < -0.4 is 5.01 Å². The molecule has 2 heterocycles. The SMILES string of the molecule is CSc1ccc(C2=NN(c3ccccc3)C(c3cn(-c4ccccc4)nc3-c3ccccc3)C2)cc1.